The van der Waals surface area contributed by atoms with Crippen molar-refractivity contribution >= 4 is 17.2 Å². The molecule has 0 radical (unpaired) electrons. The summed E-state index contributed by atoms with van der Waals surface area (Å²) in [5.41, 5.74) is 0.893. The van der Waals surface area contributed by atoms with Gasteiger partial charge >= 0.3 is 0 Å². The van der Waals surface area contributed by atoms with Crippen molar-refractivity contribution in [3.63, 3.8) is 0 Å². The molecule has 0 spiro atoms. The monoisotopic (exact) mass is 327 g/mol. The molecule has 23 heavy (non-hydrogen) atoms. The first kappa shape index (κ1) is 14.3. The molecular formula is C16H17N5OS. The molecule has 1 N–H and O–H groups in total. The maximum Gasteiger partial charge on any atom is 0.262 e. The molecule has 3 aromatic heterocycles. The van der Waals surface area contributed by atoms with Gasteiger partial charge in [0.2, 0.25) is 5.82 Å². The van der Waals surface area contributed by atoms with Crippen molar-refractivity contribution in [1.82, 2.24) is 20.4 Å². The maximum absolute atomic E-state index is 5.50. The minimum Gasteiger partial charge on any atom is -0.355 e. The molecule has 1 saturated heterocycles. The van der Waals surface area contributed by atoms with Gasteiger partial charge in [0.1, 0.15) is 5.82 Å². The van der Waals surface area contributed by atoms with E-state index in [1.807, 2.05) is 35.8 Å². The van der Waals surface area contributed by atoms with E-state index >= 15 is 0 Å². The summed E-state index contributed by atoms with van der Waals surface area (Å²) in [7, 11) is 0. The highest BCUT2D eigenvalue weighted by atomic mass is 32.1. The average Bonchev–Trinajstić information content (AvgIpc) is 3.21. The van der Waals surface area contributed by atoms with Crippen molar-refractivity contribution in [2.75, 3.05) is 31.1 Å². The SMILES string of the molecule is c1csc(-c2noc(-c3cccnc3N3CCCNCC3)n2)c1. The highest BCUT2D eigenvalue weighted by molar-refractivity contribution is 7.13. The summed E-state index contributed by atoms with van der Waals surface area (Å²) in [5, 5.41) is 9.52. The minimum atomic E-state index is 0.522. The van der Waals surface area contributed by atoms with Crippen molar-refractivity contribution in [3.05, 3.63) is 35.8 Å². The fourth-order valence-corrected chi connectivity index (χ4v) is 3.36. The van der Waals surface area contributed by atoms with E-state index < -0.39 is 0 Å². The van der Waals surface area contributed by atoms with E-state index in [1.165, 1.54) is 0 Å². The largest absolute Gasteiger partial charge is 0.355 e. The number of hydrogen-bond acceptors (Lipinski definition) is 7. The molecule has 118 valence electrons. The normalized spacial score (nSPS) is 15.6. The summed E-state index contributed by atoms with van der Waals surface area (Å²) < 4.78 is 5.50. The van der Waals surface area contributed by atoms with Crippen LogP contribution in [0.3, 0.4) is 0 Å². The van der Waals surface area contributed by atoms with E-state index in [-0.39, 0.29) is 0 Å². The van der Waals surface area contributed by atoms with E-state index in [0.717, 1.165) is 48.9 Å². The van der Waals surface area contributed by atoms with Gasteiger partial charge in [0.25, 0.3) is 5.89 Å². The molecule has 0 amide bonds. The van der Waals surface area contributed by atoms with Crippen LogP contribution in [-0.4, -0.2) is 41.3 Å². The van der Waals surface area contributed by atoms with Crippen molar-refractivity contribution in [1.29, 1.82) is 0 Å². The Hall–Kier alpha value is -2.25. The van der Waals surface area contributed by atoms with Crippen molar-refractivity contribution in [2.24, 2.45) is 0 Å². The summed E-state index contributed by atoms with van der Waals surface area (Å²) in [4.78, 5) is 12.4. The van der Waals surface area contributed by atoms with Crippen LogP contribution in [0.5, 0.6) is 0 Å². The van der Waals surface area contributed by atoms with Crippen molar-refractivity contribution < 1.29 is 4.52 Å². The van der Waals surface area contributed by atoms with Crippen LogP contribution in [0.1, 0.15) is 6.42 Å². The minimum absolute atomic E-state index is 0.522. The van der Waals surface area contributed by atoms with Crippen LogP contribution in [-0.2, 0) is 0 Å². The molecule has 3 aromatic rings. The number of thiophene rings is 1. The molecule has 0 aliphatic carbocycles. The van der Waals surface area contributed by atoms with Crippen molar-refractivity contribution in [3.8, 4) is 22.2 Å². The third-order valence-corrected chi connectivity index (χ3v) is 4.69. The summed E-state index contributed by atoms with van der Waals surface area (Å²) in [6, 6.07) is 7.87. The van der Waals surface area contributed by atoms with Crippen LogP contribution in [0.4, 0.5) is 5.82 Å². The predicted molar refractivity (Wildman–Crippen MR) is 90.5 cm³/mol. The molecule has 1 aliphatic rings. The molecule has 4 heterocycles. The second-order valence-corrected chi connectivity index (χ2v) is 6.31. The number of hydrogen-bond donors (Lipinski definition) is 1. The van der Waals surface area contributed by atoms with Gasteiger partial charge in [-0.25, -0.2) is 4.98 Å². The topological polar surface area (TPSA) is 67.1 Å². The second kappa shape index (κ2) is 6.47. The van der Waals surface area contributed by atoms with Gasteiger partial charge in [-0.2, -0.15) is 4.98 Å². The molecule has 0 unspecified atom stereocenters. The van der Waals surface area contributed by atoms with E-state index in [2.05, 4.69) is 25.3 Å². The number of nitrogens with zero attached hydrogens (tertiary/aromatic N) is 4. The first-order valence-electron chi connectivity index (χ1n) is 7.70. The lowest BCUT2D eigenvalue weighted by molar-refractivity contribution is 0.432. The zero-order valence-corrected chi connectivity index (χ0v) is 13.4. The summed E-state index contributed by atoms with van der Waals surface area (Å²) in [5.74, 6) is 2.06. The molecule has 0 aromatic carbocycles. The number of anilines is 1. The molecule has 0 atom stereocenters. The zero-order valence-electron chi connectivity index (χ0n) is 12.6. The Morgan fingerprint density at radius 2 is 2.17 bits per heavy atom. The van der Waals surface area contributed by atoms with Gasteiger partial charge in [0, 0.05) is 25.8 Å². The number of pyridine rings is 1. The number of aromatic nitrogens is 3. The molecule has 1 aliphatic heterocycles. The van der Waals surface area contributed by atoms with Gasteiger partial charge in [-0.1, -0.05) is 11.2 Å². The van der Waals surface area contributed by atoms with Crippen LogP contribution in [0.2, 0.25) is 0 Å². The van der Waals surface area contributed by atoms with Crippen LogP contribution < -0.4 is 10.2 Å². The van der Waals surface area contributed by atoms with E-state index in [9.17, 15) is 0 Å². The Bertz CT molecular complexity index is 762. The van der Waals surface area contributed by atoms with Gasteiger partial charge in [0.05, 0.1) is 10.4 Å². The third-order valence-electron chi connectivity index (χ3n) is 3.82. The van der Waals surface area contributed by atoms with Crippen LogP contribution in [0, 0.1) is 0 Å². The molecule has 1 fully saturated rings. The Labute approximate surface area is 138 Å². The zero-order chi connectivity index (χ0) is 15.5. The predicted octanol–water partition coefficient (Wildman–Crippen LogP) is 2.66. The molecule has 7 heteroatoms. The lowest BCUT2D eigenvalue weighted by Gasteiger charge is -2.22. The fraction of sp³-hybridized carbons (Fsp3) is 0.312. The first-order chi connectivity index (χ1) is 11.4. The van der Waals surface area contributed by atoms with Crippen LogP contribution in [0.25, 0.3) is 22.2 Å². The van der Waals surface area contributed by atoms with Crippen molar-refractivity contribution in [2.45, 2.75) is 6.42 Å². The highest BCUT2D eigenvalue weighted by Gasteiger charge is 2.20. The van der Waals surface area contributed by atoms with E-state index in [0.29, 0.717) is 11.7 Å². The Morgan fingerprint density at radius 1 is 1.17 bits per heavy atom. The smallest absolute Gasteiger partial charge is 0.262 e. The van der Waals surface area contributed by atoms with E-state index in [4.69, 9.17) is 4.52 Å². The number of rotatable bonds is 3. The summed E-state index contributed by atoms with van der Waals surface area (Å²) in [6.45, 7) is 3.90. The van der Waals surface area contributed by atoms with E-state index in [1.54, 1.807) is 11.3 Å². The second-order valence-electron chi connectivity index (χ2n) is 5.37. The lowest BCUT2D eigenvalue weighted by Crippen LogP contribution is -2.29. The van der Waals surface area contributed by atoms with Gasteiger partial charge in [-0.3, -0.25) is 0 Å². The molecule has 0 bridgehead atoms. The summed E-state index contributed by atoms with van der Waals surface area (Å²) in [6.07, 6.45) is 2.91. The standard InChI is InChI=1S/C16H17N5OS/c1-4-12(15(18-7-1)21-9-3-6-17-8-10-21)16-19-14(20-22-16)13-5-2-11-23-13/h1-2,4-5,7,11,17H,3,6,8-10H2. The Kier molecular flexibility index (Phi) is 4.04. The first-order valence-corrected chi connectivity index (χ1v) is 8.58. The van der Waals surface area contributed by atoms with Gasteiger partial charge in [-0.15, -0.1) is 11.3 Å². The third kappa shape index (κ3) is 2.97. The van der Waals surface area contributed by atoms with Crippen LogP contribution in [0.15, 0.2) is 40.4 Å². The fourth-order valence-electron chi connectivity index (χ4n) is 2.71. The quantitative estimate of drug-likeness (QED) is 0.798. The molecular weight excluding hydrogens is 310 g/mol. The van der Waals surface area contributed by atoms with Gasteiger partial charge < -0.3 is 14.7 Å². The lowest BCUT2D eigenvalue weighted by atomic mass is 10.2. The average molecular weight is 327 g/mol. The molecule has 0 saturated carbocycles. The molecule has 4 rings (SSSR count). The Balaban J connectivity index is 1.69. The maximum atomic E-state index is 5.50. The Morgan fingerprint density at radius 3 is 3.09 bits per heavy atom. The van der Waals surface area contributed by atoms with Crippen LogP contribution >= 0.6 is 11.3 Å². The number of nitrogens with one attached hydrogen (secondary N) is 1. The summed E-state index contributed by atoms with van der Waals surface area (Å²) >= 11 is 1.60. The van der Waals surface area contributed by atoms with Gasteiger partial charge in [-0.05, 0) is 36.5 Å². The van der Waals surface area contributed by atoms with Gasteiger partial charge in [0.15, 0.2) is 0 Å². The highest BCUT2D eigenvalue weighted by Crippen LogP contribution is 2.30. The molecule has 6 nitrogen and oxygen atoms in total.